The number of amides is 1. The largest absolute Gasteiger partial charge is 0.368 e. The maximum Gasteiger partial charge on any atom is 0.258 e. The molecule has 1 fully saturated rings. The Labute approximate surface area is 171 Å². The molecule has 1 aliphatic rings. The molecule has 1 N–H and O–H groups in total. The fourth-order valence-electron chi connectivity index (χ4n) is 3.60. The lowest BCUT2D eigenvalue weighted by Gasteiger charge is -2.36. The fraction of sp³-hybridized carbons (Fsp3) is 0.261. The molecular formula is C23H25N5O. The molecule has 0 saturated carbocycles. The zero-order valence-corrected chi connectivity index (χ0v) is 16.8. The number of anilines is 3. The van der Waals surface area contributed by atoms with Gasteiger partial charge in [0.2, 0.25) is 5.95 Å². The monoisotopic (exact) mass is 387 g/mol. The Morgan fingerprint density at radius 3 is 2.03 bits per heavy atom. The molecule has 29 heavy (non-hydrogen) atoms. The van der Waals surface area contributed by atoms with Gasteiger partial charge in [0.25, 0.3) is 5.91 Å². The first-order valence-corrected chi connectivity index (χ1v) is 9.86. The molecular weight excluding hydrogens is 362 g/mol. The second-order valence-electron chi connectivity index (χ2n) is 7.30. The molecule has 148 valence electrons. The molecule has 2 aromatic carbocycles. The van der Waals surface area contributed by atoms with Gasteiger partial charge in [-0.1, -0.05) is 36.4 Å². The van der Waals surface area contributed by atoms with Gasteiger partial charge in [-0.25, -0.2) is 9.97 Å². The van der Waals surface area contributed by atoms with Crippen molar-refractivity contribution in [1.29, 1.82) is 0 Å². The number of piperazine rings is 1. The van der Waals surface area contributed by atoms with Crippen LogP contribution in [-0.4, -0.2) is 42.1 Å². The van der Waals surface area contributed by atoms with Crippen molar-refractivity contribution in [3.63, 3.8) is 0 Å². The minimum atomic E-state index is -0.192. The third kappa shape index (κ3) is 4.21. The number of nitrogens with zero attached hydrogens (tertiary/aromatic N) is 4. The van der Waals surface area contributed by atoms with Gasteiger partial charge in [-0.2, -0.15) is 0 Å². The third-order valence-electron chi connectivity index (χ3n) is 5.30. The second-order valence-corrected chi connectivity index (χ2v) is 7.30. The molecule has 0 aliphatic carbocycles. The first-order valence-electron chi connectivity index (χ1n) is 9.86. The van der Waals surface area contributed by atoms with Gasteiger partial charge in [0, 0.05) is 49.9 Å². The summed E-state index contributed by atoms with van der Waals surface area (Å²) in [6.07, 6.45) is 3.21. The smallest absolute Gasteiger partial charge is 0.258 e. The Bertz CT molecular complexity index is 960. The van der Waals surface area contributed by atoms with Gasteiger partial charge in [-0.05, 0) is 37.1 Å². The second kappa shape index (κ2) is 8.31. The minimum absolute atomic E-state index is 0.192. The summed E-state index contributed by atoms with van der Waals surface area (Å²) in [7, 11) is 0. The number of carbonyl (C=O) groups excluding carboxylic acids is 1. The standard InChI is InChI=1S/C23H25N5O/c1-17-7-6-8-18(2)21(17)26-22(29)19-15-24-23(25-16-19)28-13-11-27(12-14-28)20-9-4-3-5-10-20/h3-10,15-16H,11-14H2,1-2H3,(H,26,29). The number of aryl methyl sites for hydroxylation is 2. The molecule has 2 heterocycles. The van der Waals surface area contributed by atoms with Crippen LogP contribution >= 0.6 is 0 Å². The molecule has 4 rings (SSSR count). The highest BCUT2D eigenvalue weighted by atomic mass is 16.1. The average molecular weight is 387 g/mol. The summed E-state index contributed by atoms with van der Waals surface area (Å²) < 4.78 is 0. The summed E-state index contributed by atoms with van der Waals surface area (Å²) in [5.74, 6) is 0.476. The van der Waals surface area contributed by atoms with E-state index in [2.05, 4.69) is 49.4 Å². The summed E-state index contributed by atoms with van der Waals surface area (Å²) in [6.45, 7) is 7.50. The summed E-state index contributed by atoms with van der Waals surface area (Å²) in [5.41, 5.74) is 4.61. The van der Waals surface area contributed by atoms with Gasteiger partial charge < -0.3 is 15.1 Å². The van der Waals surface area contributed by atoms with Crippen LogP contribution in [0.3, 0.4) is 0 Å². The van der Waals surface area contributed by atoms with Crippen molar-refractivity contribution >= 4 is 23.2 Å². The molecule has 6 heteroatoms. The van der Waals surface area contributed by atoms with Crippen molar-refractivity contribution in [1.82, 2.24) is 9.97 Å². The number of rotatable bonds is 4. The minimum Gasteiger partial charge on any atom is -0.368 e. The van der Waals surface area contributed by atoms with Crippen molar-refractivity contribution in [2.45, 2.75) is 13.8 Å². The number of benzene rings is 2. The molecule has 1 aromatic heterocycles. The van der Waals surface area contributed by atoms with Gasteiger partial charge in [0.15, 0.2) is 0 Å². The average Bonchev–Trinajstić information content (AvgIpc) is 2.77. The zero-order valence-electron chi connectivity index (χ0n) is 16.8. The Kier molecular flexibility index (Phi) is 5.42. The Morgan fingerprint density at radius 2 is 1.41 bits per heavy atom. The van der Waals surface area contributed by atoms with Crippen molar-refractivity contribution in [3.05, 3.63) is 77.6 Å². The lowest BCUT2D eigenvalue weighted by Crippen LogP contribution is -2.47. The summed E-state index contributed by atoms with van der Waals surface area (Å²) in [5, 5.41) is 2.98. The van der Waals surface area contributed by atoms with E-state index < -0.39 is 0 Å². The molecule has 0 radical (unpaired) electrons. The van der Waals surface area contributed by atoms with Gasteiger partial charge in [-0.15, -0.1) is 0 Å². The number of hydrogen-bond donors (Lipinski definition) is 1. The molecule has 1 aliphatic heterocycles. The molecule has 0 atom stereocenters. The van der Waals surface area contributed by atoms with Crippen LogP contribution in [0.25, 0.3) is 0 Å². The lowest BCUT2D eigenvalue weighted by atomic mass is 10.1. The van der Waals surface area contributed by atoms with E-state index in [0.717, 1.165) is 43.0 Å². The van der Waals surface area contributed by atoms with E-state index in [1.807, 2.05) is 38.1 Å². The van der Waals surface area contributed by atoms with Crippen molar-refractivity contribution in [2.75, 3.05) is 41.3 Å². The molecule has 1 saturated heterocycles. The van der Waals surface area contributed by atoms with Crippen LogP contribution in [0.2, 0.25) is 0 Å². The highest BCUT2D eigenvalue weighted by Crippen LogP contribution is 2.21. The first kappa shape index (κ1) is 18.9. The van der Waals surface area contributed by atoms with Gasteiger partial charge in [-0.3, -0.25) is 4.79 Å². The molecule has 1 amide bonds. The van der Waals surface area contributed by atoms with Crippen molar-refractivity contribution in [3.8, 4) is 0 Å². The van der Waals surface area contributed by atoms with E-state index >= 15 is 0 Å². The summed E-state index contributed by atoms with van der Waals surface area (Å²) in [4.78, 5) is 26.0. The highest BCUT2D eigenvalue weighted by Gasteiger charge is 2.19. The SMILES string of the molecule is Cc1cccc(C)c1NC(=O)c1cnc(N2CCN(c3ccccc3)CC2)nc1. The van der Waals surface area contributed by atoms with E-state index in [-0.39, 0.29) is 5.91 Å². The van der Waals surface area contributed by atoms with E-state index in [9.17, 15) is 4.79 Å². The van der Waals surface area contributed by atoms with Crippen LogP contribution < -0.4 is 15.1 Å². The van der Waals surface area contributed by atoms with Gasteiger partial charge in [0.05, 0.1) is 5.56 Å². The van der Waals surface area contributed by atoms with Gasteiger partial charge >= 0.3 is 0 Å². The van der Waals surface area contributed by atoms with E-state index in [1.54, 1.807) is 12.4 Å². The lowest BCUT2D eigenvalue weighted by molar-refractivity contribution is 0.102. The molecule has 0 bridgehead atoms. The first-order chi connectivity index (χ1) is 14.1. The van der Waals surface area contributed by atoms with Crippen LogP contribution in [0.5, 0.6) is 0 Å². The Morgan fingerprint density at radius 1 is 0.828 bits per heavy atom. The van der Waals surface area contributed by atoms with Crippen molar-refractivity contribution in [2.24, 2.45) is 0 Å². The number of para-hydroxylation sites is 2. The van der Waals surface area contributed by atoms with E-state index in [4.69, 9.17) is 0 Å². The maximum absolute atomic E-state index is 12.6. The van der Waals surface area contributed by atoms with Gasteiger partial charge in [0.1, 0.15) is 0 Å². The quantitative estimate of drug-likeness (QED) is 0.740. The Hall–Kier alpha value is -3.41. The number of carbonyl (C=O) groups is 1. The predicted octanol–water partition coefficient (Wildman–Crippen LogP) is 3.67. The molecule has 0 unspecified atom stereocenters. The van der Waals surface area contributed by atoms with E-state index in [1.165, 1.54) is 5.69 Å². The highest BCUT2D eigenvalue weighted by molar-refractivity contribution is 6.04. The van der Waals surface area contributed by atoms with Crippen LogP contribution in [0, 0.1) is 13.8 Å². The zero-order chi connectivity index (χ0) is 20.2. The third-order valence-corrected chi connectivity index (χ3v) is 5.30. The van der Waals surface area contributed by atoms with Crippen LogP contribution in [0.4, 0.5) is 17.3 Å². The Balaban J connectivity index is 1.39. The van der Waals surface area contributed by atoms with Crippen LogP contribution in [-0.2, 0) is 0 Å². The van der Waals surface area contributed by atoms with Crippen LogP contribution in [0.1, 0.15) is 21.5 Å². The predicted molar refractivity (Wildman–Crippen MR) is 117 cm³/mol. The molecule has 3 aromatic rings. The maximum atomic E-state index is 12.6. The summed E-state index contributed by atoms with van der Waals surface area (Å²) >= 11 is 0. The topological polar surface area (TPSA) is 61.4 Å². The fourth-order valence-corrected chi connectivity index (χ4v) is 3.60. The van der Waals surface area contributed by atoms with Crippen molar-refractivity contribution < 1.29 is 4.79 Å². The molecule has 0 spiro atoms. The number of aromatic nitrogens is 2. The normalized spacial score (nSPS) is 14.0. The molecule has 6 nitrogen and oxygen atoms in total. The summed E-state index contributed by atoms with van der Waals surface area (Å²) in [6, 6.07) is 16.4. The number of nitrogens with one attached hydrogen (secondary N) is 1. The van der Waals surface area contributed by atoms with E-state index in [0.29, 0.717) is 11.5 Å². The van der Waals surface area contributed by atoms with Crippen LogP contribution in [0.15, 0.2) is 60.9 Å². The number of hydrogen-bond acceptors (Lipinski definition) is 5.